The Labute approximate surface area is 231 Å². The van der Waals surface area contributed by atoms with Crippen molar-refractivity contribution in [1.29, 1.82) is 0 Å². The van der Waals surface area contributed by atoms with Crippen LogP contribution in [0.2, 0.25) is 0 Å². The minimum atomic E-state index is -0.646. The van der Waals surface area contributed by atoms with Gasteiger partial charge in [0, 0.05) is 40.5 Å². The number of methoxy groups -OCH3 is 4. The van der Waals surface area contributed by atoms with Gasteiger partial charge in [-0.05, 0) is 55.2 Å². The van der Waals surface area contributed by atoms with Crippen molar-refractivity contribution in [2.24, 2.45) is 0 Å². The summed E-state index contributed by atoms with van der Waals surface area (Å²) in [6.07, 6.45) is 0.876. The third kappa shape index (κ3) is 5.44. The number of rotatable bonds is 9. The fourth-order valence-corrected chi connectivity index (χ4v) is 5.57. The molecule has 0 aromatic heterocycles. The summed E-state index contributed by atoms with van der Waals surface area (Å²) >= 11 is 3.54. The van der Waals surface area contributed by atoms with E-state index in [0.29, 0.717) is 46.1 Å². The monoisotopic (exact) mass is 585 g/mol. The van der Waals surface area contributed by atoms with Crippen LogP contribution in [0.3, 0.4) is 0 Å². The molecule has 2 aromatic carbocycles. The minimum Gasteiger partial charge on any atom is -0.496 e. The standard InChI is InChI=1S/C29H32BrNO7/c1-16-26(29(33)38-11-10-34-2)27(20-15-19(30)7-9-23(20)35-3)28-21(31-16)12-18(13-22(28)32)17-6-8-24(36-4)25(14-17)37-5/h6-9,14-15,18,27,31H,10-13H2,1-5H3/t18-,27+/m1/s1. The average molecular weight is 586 g/mol. The van der Waals surface area contributed by atoms with Crippen LogP contribution in [-0.2, 0) is 19.1 Å². The highest BCUT2D eigenvalue weighted by molar-refractivity contribution is 9.10. The van der Waals surface area contributed by atoms with Crippen molar-refractivity contribution < 1.29 is 33.3 Å². The number of hydrogen-bond donors (Lipinski definition) is 1. The molecule has 0 saturated carbocycles. The summed E-state index contributed by atoms with van der Waals surface area (Å²) in [5.41, 5.74) is 4.06. The Hall–Kier alpha value is -3.30. The molecular formula is C29H32BrNO7. The van der Waals surface area contributed by atoms with Crippen molar-refractivity contribution in [1.82, 2.24) is 5.32 Å². The molecule has 0 unspecified atom stereocenters. The molecule has 2 atom stereocenters. The first kappa shape index (κ1) is 27.7. The molecule has 0 radical (unpaired) electrons. The Morgan fingerprint density at radius 3 is 2.34 bits per heavy atom. The molecular weight excluding hydrogens is 554 g/mol. The van der Waals surface area contributed by atoms with Crippen LogP contribution >= 0.6 is 15.9 Å². The molecule has 0 bridgehead atoms. The topological polar surface area (TPSA) is 92.3 Å². The number of Topliss-reactive ketones (excluding diaryl/α,β-unsaturated/α-hetero) is 1. The lowest BCUT2D eigenvalue weighted by molar-refractivity contribution is -0.140. The van der Waals surface area contributed by atoms with Crippen LogP contribution in [0.15, 0.2) is 63.4 Å². The molecule has 0 fully saturated rings. The molecule has 2 aromatic rings. The predicted octanol–water partition coefficient (Wildman–Crippen LogP) is 5.03. The van der Waals surface area contributed by atoms with Crippen molar-refractivity contribution in [3.63, 3.8) is 0 Å². The number of carbonyl (C=O) groups excluding carboxylic acids is 2. The molecule has 2 aliphatic rings. The SMILES string of the molecule is COCCOC(=O)C1=C(C)NC2=C(C(=O)C[C@H](c3ccc(OC)c(OC)c3)C2)[C@H]1c1cc(Br)ccc1OC. The molecule has 9 heteroatoms. The zero-order chi connectivity index (χ0) is 27.4. The maximum absolute atomic E-state index is 13.9. The van der Waals surface area contributed by atoms with Gasteiger partial charge < -0.3 is 29.0 Å². The summed E-state index contributed by atoms with van der Waals surface area (Å²) < 4.78 is 27.9. The molecule has 8 nitrogen and oxygen atoms in total. The highest BCUT2D eigenvalue weighted by atomic mass is 79.9. The van der Waals surface area contributed by atoms with E-state index in [1.165, 1.54) is 0 Å². The van der Waals surface area contributed by atoms with Crippen LogP contribution in [0, 0.1) is 0 Å². The summed E-state index contributed by atoms with van der Waals surface area (Å²) in [4.78, 5) is 27.3. The van der Waals surface area contributed by atoms with Gasteiger partial charge in [-0.2, -0.15) is 0 Å². The van der Waals surface area contributed by atoms with E-state index < -0.39 is 11.9 Å². The number of nitrogens with one attached hydrogen (secondary N) is 1. The lowest BCUT2D eigenvalue weighted by atomic mass is 9.71. The summed E-state index contributed by atoms with van der Waals surface area (Å²) in [6.45, 7) is 2.21. The molecule has 0 spiro atoms. The van der Waals surface area contributed by atoms with E-state index in [1.54, 1.807) is 28.4 Å². The Morgan fingerprint density at radius 1 is 0.947 bits per heavy atom. The Bertz CT molecular complexity index is 1300. The van der Waals surface area contributed by atoms with Crippen molar-refractivity contribution in [2.75, 3.05) is 41.7 Å². The van der Waals surface area contributed by atoms with E-state index in [2.05, 4.69) is 21.2 Å². The van der Waals surface area contributed by atoms with Crippen molar-refractivity contribution in [3.05, 3.63) is 74.5 Å². The normalized spacial score (nSPS) is 19.1. The van der Waals surface area contributed by atoms with Crippen LogP contribution in [-0.4, -0.2) is 53.4 Å². The second-order valence-corrected chi connectivity index (χ2v) is 10.1. The Balaban J connectivity index is 1.79. The Morgan fingerprint density at radius 2 is 1.66 bits per heavy atom. The van der Waals surface area contributed by atoms with Crippen LogP contribution in [0.4, 0.5) is 0 Å². The third-order valence-electron chi connectivity index (χ3n) is 6.95. The van der Waals surface area contributed by atoms with Gasteiger partial charge in [-0.15, -0.1) is 0 Å². The van der Waals surface area contributed by atoms with Gasteiger partial charge in [0.25, 0.3) is 0 Å². The number of ketones is 1. The average Bonchev–Trinajstić information content (AvgIpc) is 2.91. The number of ether oxygens (including phenoxy) is 5. The summed E-state index contributed by atoms with van der Waals surface area (Å²) in [5.74, 6) is 0.570. The molecule has 1 aliphatic heterocycles. The van der Waals surface area contributed by atoms with E-state index in [0.717, 1.165) is 15.7 Å². The van der Waals surface area contributed by atoms with Crippen LogP contribution in [0.1, 0.15) is 42.7 Å². The highest BCUT2D eigenvalue weighted by Gasteiger charge is 2.42. The quantitative estimate of drug-likeness (QED) is 0.324. The number of benzene rings is 2. The molecule has 0 amide bonds. The van der Waals surface area contributed by atoms with Gasteiger partial charge in [0.05, 0.1) is 39.4 Å². The number of esters is 1. The number of carbonyl (C=O) groups is 2. The van der Waals surface area contributed by atoms with Crippen molar-refractivity contribution in [2.45, 2.75) is 31.6 Å². The van der Waals surface area contributed by atoms with Gasteiger partial charge in [0.15, 0.2) is 17.3 Å². The molecule has 1 heterocycles. The number of hydrogen-bond acceptors (Lipinski definition) is 8. The van der Waals surface area contributed by atoms with Gasteiger partial charge in [-0.3, -0.25) is 4.79 Å². The smallest absolute Gasteiger partial charge is 0.336 e. The van der Waals surface area contributed by atoms with Crippen molar-refractivity contribution in [3.8, 4) is 17.2 Å². The largest absolute Gasteiger partial charge is 0.496 e. The second-order valence-electron chi connectivity index (χ2n) is 9.15. The van der Waals surface area contributed by atoms with Crippen LogP contribution in [0.5, 0.6) is 17.2 Å². The number of allylic oxidation sites excluding steroid dienone is 3. The van der Waals surface area contributed by atoms with E-state index in [9.17, 15) is 9.59 Å². The van der Waals surface area contributed by atoms with Gasteiger partial charge in [0.1, 0.15) is 12.4 Å². The minimum absolute atomic E-state index is 0.0414. The first-order valence-electron chi connectivity index (χ1n) is 12.3. The van der Waals surface area contributed by atoms with E-state index in [1.807, 2.05) is 43.3 Å². The first-order chi connectivity index (χ1) is 18.3. The summed E-state index contributed by atoms with van der Waals surface area (Å²) in [6, 6.07) is 11.3. The molecule has 202 valence electrons. The number of dihydropyridines is 1. The first-order valence-corrected chi connectivity index (χ1v) is 13.1. The Kier molecular flexibility index (Phi) is 8.79. The lowest BCUT2D eigenvalue weighted by Crippen LogP contribution is -2.36. The van der Waals surface area contributed by atoms with E-state index in [4.69, 9.17) is 23.7 Å². The number of halogens is 1. The fraction of sp³-hybridized carbons (Fsp3) is 0.379. The maximum atomic E-state index is 13.9. The molecule has 38 heavy (non-hydrogen) atoms. The molecule has 4 rings (SSSR count). The highest BCUT2D eigenvalue weighted by Crippen LogP contribution is 2.48. The van der Waals surface area contributed by atoms with Crippen molar-refractivity contribution >= 4 is 27.7 Å². The molecule has 1 N–H and O–H groups in total. The maximum Gasteiger partial charge on any atom is 0.336 e. The second kappa shape index (κ2) is 12.0. The molecule has 1 aliphatic carbocycles. The summed E-state index contributed by atoms with van der Waals surface area (Å²) in [7, 11) is 6.30. The third-order valence-corrected chi connectivity index (χ3v) is 7.44. The summed E-state index contributed by atoms with van der Waals surface area (Å²) in [5, 5.41) is 3.37. The van der Waals surface area contributed by atoms with Gasteiger partial charge in [-0.25, -0.2) is 4.79 Å². The van der Waals surface area contributed by atoms with Crippen LogP contribution < -0.4 is 19.5 Å². The van der Waals surface area contributed by atoms with Gasteiger partial charge in [0.2, 0.25) is 0 Å². The lowest BCUT2D eigenvalue weighted by Gasteiger charge is -2.37. The zero-order valence-corrected chi connectivity index (χ0v) is 23.8. The van der Waals surface area contributed by atoms with Gasteiger partial charge in [-0.1, -0.05) is 22.0 Å². The van der Waals surface area contributed by atoms with E-state index >= 15 is 0 Å². The van der Waals surface area contributed by atoms with Gasteiger partial charge >= 0.3 is 5.97 Å². The molecule has 0 saturated heterocycles. The fourth-order valence-electron chi connectivity index (χ4n) is 5.19. The zero-order valence-electron chi connectivity index (χ0n) is 22.2. The predicted molar refractivity (Wildman–Crippen MR) is 146 cm³/mol. The van der Waals surface area contributed by atoms with E-state index in [-0.39, 0.29) is 31.3 Å². The van der Waals surface area contributed by atoms with Crippen LogP contribution in [0.25, 0.3) is 0 Å².